The zero-order valence-electron chi connectivity index (χ0n) is 19.8. The number of allylic oxidation sites excluding steroid dienone is 1. The standard InChI is InChI=1S/C26H26N4O3S/c1-13(2)33-26(32)22-19-12-34-24-20(15(4)14(3)16(5)29-24)25(31)30(19)23(28)18(11-27)21(22)17-9-7-6-8-10-17/h6-10,13,21H,12,28H2,1-5H3. The summed E-state index contributed by atoms with van der Waals surface area (Å²) < 4.78 is 5.60. The molecule has 0 spiro atoms. The molecule has 1 aromatic heterocycles. The van der Waals surface area contributed by atoms with Crippen molar-refractivity contribution in [2.75, 3.05) is 5.75 Å². The molecule has 0 fully saturated rings. The molecule has 4 rings (SSSR count). The highest BCUT2D eigenvalue weighted by molar-refractivity contribution is 7.99. The molecule has 2 aliphatic heterocycles. The summed E-state index contributed by atoms with van der Waals surface area (Å²) in [6, 6.07) is 11.4. The van der Waals surface area contributed by atoms with Crippen LogP contribution in [0.25, 0.3) is 0 Å². The largest absolute Gasteiger partial charge is 0.460 e. The number of hydrogen-bond donors (Lipinski definition) is 1. The van der Waals surface area contributed by atoms with E-state index in [4.69, 9.17) is 10.5 Å². The zero-order chi connectivity index (χ0) is 24.7. The number of carbonyl (C=O) groups is 2. The van der Waals surface area contributed by atoms with E-state index in [2.05, 4.69) is 11.1 Å². The summed E-state index contributed by atoms with van der Waals surface area (Å²) in [7, 11) is 0. The minimum Gasteiger partial charge on any atom is -0.460 e. The second kappa shape index (κ2) is 8.99. The first-order chi connectivity index (χ1) is 16.2. The molecule has 7 nitrogen and oxygen atoms in total. The predicted molar refractivity (Wildman–Crippen MR) is 130 cm³/mol. The Morgan fingerprint density at radius 3 is 2.53 bits per heavy atom. The van der Waals surface area contributed by atoms with Crippen molar-refractivity contribution in [3.63, 3.8) is 0 Å². The fourth-order valence-corrected chi connectivity index (χ4v) is 5.49. The van der Waals surface area contributed by atoms with Crippen molar-refractivity contribution in [3.05, 3.63) is 80.9 Å². The summed E-state index contributed by atoms with van der Waals surface area (Å²) in [5.41, 5.74) is 11.1. The van der Waals surface area contributed by atoms with E-state index in [1.165, 1.54) is 16.7 Å². The smallest absolute Gasteiger partial charge is 0.337 e. The molecule has 3 heterocycles. The molecule has 0 saturated carbocycles. The van der Waals surface area contributed by atoms with Crippen LogP contribution in [0.3, 0.4) is 0 Å². The summed E-state index contributed by atoms with van der Waals surface area (Å²) in [6.45, 7) is 9.23. The van der Waals surface area contributed by atoms with E-state index in [1.807, 2.05) is 51.1 Å². The van der Waals surface area contributed by atoms with E-state index < -0.39 is 17.8 Å². The molecule has 1 amide bonds. The normalized spacial score (nSPS) is 17.9. The van der Waals surface area contributed by atoms with Crippen molar-refractivity contribution in [2.45, 2.75) is 51.7 Å². The first-order valence-corrected chi connectivity index (χ1v) is 12.0. The number of benzene rings is 1. The Labute approximate surface area is 203 Å². The van der Waals surface area contributed by atoms with Gasteiger partial charge in [0, 0.05) is 17.1 Å². The van der Waals surface area contributed by atoms with Gasteiger partial charge in [0.05, 0.1) is 34.8 Å². The Bertz CT molecular complexity index is 1310. The average molecular weight is 475 g/mol. The van der Waals surface area contributed by atoms with Crippen LogP contribution in [0.15, 0.2) is 58.0 Å². The van der Waals surface area contributed by atoms with E-state index in [1.54, 1.807) is 13.8 Å². The van der Waals surface area contributed by atoms with E-state index in [9.17, 15) is 14.9 Å². The molecular formula is C26H26N4O3S. The highest BCUT2D eigenvalue weighted by atomic mass is 32.2. The number of aromatic nitrogens is 1. The number of nitrogens with zero attached hydrogens (tertiary/aromatic N) is 3. The third-order valence-corrected chi connectivity index (χ3v) is 7.20. The quantitative estimate of drug-likeness (QED) is 0.662. The molecule has 174 valence electrons. The van der Waals surface area contributed by atoms with E-state index in [0.717, 1.165) is 22.4 Å². The molecule has 1 aromatic carbocycles. The minimum absolute atomic E-state index is 0.0310. The summed E-state index contributed by atoms with van der Waals surface area (Å²) in [4.78, 5) is 33.4. The van der Waals surface area contributed by atoms with Crippen LogP contribution in [-0.4, -0.2) is 33.6 Å². The summed E-state index contributed by atoms with van der Waals surface area (Å²) >= 11 is 1.38. The minimum atomic E-state index is -0.740. The Hall–Kier alpha value is -3.57. The SMILES string of the molecule is Cc1nc2c(c(C)c1C)C(=O)N1C(N)=C(C#N)C(c3ccccc3)C(C(=O)OC(C)C)=C1CS2. The number of nitrogens with two attached hydrogens (primary N) is 1. The molecule has 2 aromatic rings. The Kier molecular flexibility index (Phi) is 6.24. The maximum absolute atomic E-state index is 13.9. The second-order valence-electron chi connectivity index (χ2n) is 8.63. The number of amides is 1. The molecule has 8 heteroatoms. The first-order valence-electron chi connectivity index (χ1n) is 11.0. The number of fused-ring (bicyclic) bond motifs is 2. The lowest BCUT2D eigenvalue weighted by Crippen LogP contribution is -2.41. The maximum Gasteiger partial charge on any atom is 0.337 e. The Morgan fingerprint density at radius 1 is 1.24 bits per heavy atom. The Morgan fingerprint density at radius 2 is 1.91 bits per heavy atom. The van der Waals surface area contributed by atoms with Crippen molar-refractivity contribution < 1.29 is 14.3 Å². The van der Waals surface area contributed by atoms with Gasteiger partial charge in [-0.15, -0.1) is 0 Å². The van der Waals surface area contributed by atoms with Crippen LogP contribution >= 0.6 is 11.8 Å². The van der Waals surface area contributed by atoms with Gasteiger partial charge < -0.3 is 10.5 Å². The van der Waals surface area contributed by atoms with Gasteiger partial charge in [0.2, 0.25) is 0 Å². The third-order valence-electron chi connectivity index (χ3n) is 6.22. The first kappa shape index (κ1) is 23.6. The van der Waals surface area contributed by atoms with Crippen molar-refractivity contribution in [1.82, 2.24) is 9.88 Å². The van der Waals surface area contributed by atoms with Gasteiger partial charge in [-0.25, -0.2) is 9.78 Å². The van der Waals surface area contributed by atoms with Gasteiger partial charge in [0.25, 0.3) is 5.91 Å². The highest BCUT2D eigenvalue weighted by Crippen LogP contribution is 2.45. The van der Waals surface area contributed by atoms with Crippen molar-refractivity contribution in [1.29, 1.82) is 5.26 Å². The number of rotatable bonds is 3. The third kappa shape index (κ3) is 3.76. The van der Waals surface area contributed by atoms with Crippen molar-refractivity contribution in [2.24, 2.45) is 5.73 Å². The van der Waals surface area contributed by atoms with Crippen molar-refractivity contribution >= 4 is 23.6 Å². The molecule has 34 heavy (non-hydrogen) atoms. The van der Waals surface area contributed by atoms with E-state index in [0.29, 0.717) is 16.3 Å². The second-order valence-corrected chi connectivity index (χ2v) is 9.59. The molecule has 2 N–H and O–H groups in total. The zero-order valence-corrected chi connectivity index (χ0v) is 20.6. The topological polar surface area (TPSA) is 109 Å². The van der Waals surface area contributed by atoms with Crippen LogP contribution in [0.4, 0.5) is 0 Å². The number of esters is 1. The average Bonchev–Trinajstić information content (AvgIpc) is 2.94. The number of aryl methyl sites for hydroxylation is 1. The molecule has 2 aliphatic rings. The molecule has 0 bridgehead atoms. The van der Waals surface area contributed by atoms with E-state index in [-0.39, 0.29) is 28.8 Å². The summed E-state index contributed by atoms with van der Waals surface area (Å²) in [5, 5.41) is 10.7. The number of hydrogen-bond acceptors (Lipinski definition) is 7. The van der Waals surface area contributed by atoms with Crippen LogP contribution in [0, 0.1) is 32.1 Å². The Balaban J connectivity index is 2.02. The number of pyridine rings is 1. The number of ether oxygens (including phenoxy) is 1. The summed E-state index contributed by atoms with van der Waals surface area (Å²) in [5.74, 6) is -1.39. The monoisotopic (exact) mass is 474 g/mol. The van der Waals surface area contributed by atoms with E-state index >= 15 is 0 Å². The van der Waals surface area contributed by atoms with Gasteiger partial charge in [-0.05, 0) is 51.3 Å². The molecule has 0 radical (unpaired) electrons. The van der Waals surface area contributed by atoms with Gasteiger partial charge in [0.15, 0.2) is 0 Å². The van der Waals surface area contributed by atoms with Crippen LogP contribution in [-0.2, 0) is 9.53 Å². The number of nitriles is 1. The van der Waals surface area contributed by atoms with Gasteiger partial charge in [-0.3, -0.25) is 9.69 Å². The van der Waals surface area contributed by atoms with Gasteiger partial charge in [-0.2, -0.15) is 5.26 Å². The highest BCUT2D eigenvalue weighted by Gasteiger charge is 2.44. The lowest BCUT2D eigenvalue weighted by molar-refractivity contribution is -0.143. The molecule has 0 saturated heterocycles. The molecule has 0 aliphatic carbocycles. The lowest BCUT2D eigenvalue weighted by Gasteiger charge is -2.35. The number of thioether (sulfide) groups is 1. The molecular weight excluding hydrogens is 448 g/mol. The maximum atomic E-state index is 13.9. The molecule has 1 atom stereocenters. The van der Waals surface area contributed by atoms with Crippen LogP contribution < -0.4 is 5.73 Å². The van der Waals surface area contributed by atoms with Crippen LogP contribution in [0.2, 0.25) is 0 Å². The van der Waals surface area contributed by atoms with Crippen molar-refractivity contribution in [3.8, 4) is 6.07 Å². The van der Waals surface area contributed by atoms with Gasteiger partial charge in [-0.1, -0.05) is 42.1 Å². The van der Waals surface area contributed by atoms with Crippen LogP contribution in [0.1, 0.15) is 52.5 Å². The fraction of sp³-hybridized carbons (Fsp3) is 0.308. The van der Waals surface area contributed by atoms with Crippen LogP contribution in [0.5, 0.6) is 0 Å². The molecule has 1 unspecified atom stereocenters. The fourth-order valence-electron chi connectivity index (χ4n) is 4.35. The lowest BCUT2D eigenvalue weighted by atomic mass is 9.81. The predicted octanol–water partition coefficient (Wildman–Crippen LogP) is 4.25. The summed E-state index contributed by atoms with van der Waals surface area (Å²) in [6.07, 6.45) is -0.375. The van der Waals surface area contributed by atoms with Gasteiger partial charge in [0.1, 0.15) is 10.8 Å². The number of carbonyl (C=O) groups excluding carboxylic acids is 2. The van der Waals surface area contributed by atoms with Gasteiger partial charge >= 0.3 is 5.97 Å².